The van der Waals surface area contributed by atoms with Crippen LogP contribution in [0.15, 0.2) is 70.6 Å². The van der Waals surface area contributed by atoms with Crippen molar-refractivity contribution in [2.75, 3.05) is 11.1 Å². The van der Waals surface area contributed by atoms with E-state index < -0.39 is 5.82 Å². The minimum Gasteiger partial charge on any atom is -0.325 e. The van der Waals surface area contributed by atoms with Crippen LogP contribution in [-0.4, -0.2) is 21.2 Å². The zero-order chi connectivity index (χ0) is 20.4. The first kappa shape index (κ1) is 19.1. The molecule has 3 aromatic carbocycles. The summed E-state index contributed by atoms with van der Waals surface area (Å²) in [5.74, 6) is -0.656. The number of amides is 1. The summed E-state index contributed by atoms with van der Waals surface area (Å²) in [5, 5.41) is 5.67. The standard InChI is InChI=1S/C22H18FN3O2S/c1-2-26-21(28)18-10-14-6-3-4-7-15(14)11-19(18)25-22(26)29-13-20(27)24-17-9-5-8-16(23)12-17/h3-12H,2,13H2,1H3,(H,24,27). The summed E-state index contributed by atoms with van der Waals surface area (Å²) in [6, 6.07) is 17.3. The van der Waals surface area contributed by atoms with E-state index in [1.165, 1.54) is 30.0 Å². The third-order valence-corrected chi connectivity index (χ3v) is 5.52. The number of carbonyl (C=O) groups is 1. The van der Waals surface area contributed by atoms with Gasteiger partial charge in [0, 0.05) is 12.2 Å². The molecule has 0 unspecified atom stereocenters. The molecule has 146 valence electrons. The van der Waals surface area contributed by atoms with Gasteiger partial charge in [-0.1, -0.05) is 42.1 Å². The van der Waals surface area contributed by atoms with Crippen molar-refractivity contribution in [2.45, 2.75) is 18.6 Å². The SMILES string of the molecule is CCn1c(SCC(=O)Nc2cccc(F)c2)nc2cc3ccccc3cc2c1=O. The molecule has 0 aliphatic rings. The summed E-state index contributed by atoms with van der Waals surface area (Å²) in [7, 11) is 0. The van der Waals surface area contributed by atoms with Crippen LogP contribution in [0.5, 0.6) is 0 Å². The van der Waals surface area contributed by atoms with Gasteiger partial charge < -0.3 is 5.32 Å². The van der Waals surface area contributed by atoms with Gasteiger partial charge in [0.15, 0.2) is 5.16 Å². The van der Waals surface area contributed by atoms with Gasteiger partial charge in [0.25, 0.3) is 5.56 Å². The molecule has 0 radical (unpaired) electrons. The number of carbonyl (C=O) groups excluding carboxylic acids is 1. The summed E-state index contributed by atoms with van der Waals surface area (Å²) in [6.07, 6.45) is 0. The van der Waals surface area contributed by atoms with E-state index in [0.29, 0.717) is 28.3 Å². The van der Waals surface area contributed by atoms with Crippen LogP contribution in [-0.2, 0) is 11.3 Å². The number of aromatic nitrogens is 2. The molecular formula is C22H18FN3O2S. The topological polar surface area (TPSA) is 64.0 Å². The van der Waals surface area contributed by atoms with Gasteiger partial charge in [-0.3, -0.25) is 14.2 Å². The monoisotopic (exact) mass is 407 g/mol. The number of nitrogens with one attached hydrogen (secondary N) is 1. The van der Waals surface area contributed by atoms with Crippen LogP contribution in [0, 0.1) is 5.82 Å². The van der Waals surface area contributed by atoms with Gasteiger partial charge in [0.2, 0.25) is 5.91 Å². The Labute approximate surface area is 170 Å². The van der Waals surface area contributed by atoms with Crippen LogP contribution in [0.1, 0.15) is 6.92 Å². The molecule has 0 saturated heterocycles. The zero-order valence-electron chi connectivity index (χ0n) is 15.7. The Morgan fingerprint density at radius 3 is 2.59 bits per heavy atom. The smallest absolute Gasteiger partial charge is 0.262 e. The van der Waals surface area contributed by atoms with Crippen molar-refractivity contribution in [3.8, 4) is 0 Å². The molecular weight excluding hydrogens is 389 g/mol. The number of hydrogen-bond donors (Lipinski definition) is 1. The largest absolute Gasteiger partial charge is 0.325 e. The van der Waals surface area contributed by atoms with Crippen molar-refractivity contribution in [1.82, 2.24) is 9.55 Å². The van der Waals surface area contributed by atoms with Gasteiger partial charge in [-0.05, 0) is 48.0 Å². The third-order valence-electron chi connectivity index (χ3n) is 4.54. The molecule has 5 nitrogen and oxygen atoms in total. The highest BCUT2D eigenvalue weighted by atomic mass is 32.2. The zero-order valence-corrected chi connectivity index (χ0v) is 16.5. The molecule has 0 saturated carbocycles. The average molecular weight is 407 g/mol. The van der Waals surface area contributed by atoms with Crippen molar-refractivity contribution in [2.24, 2.45) is 0 Å². The van der Waals surface area contributed by atoms with E-state index in [4.69, 9.17) is 0 Å². The molecule has 1 aromatic heterocycles. The van der Waals surface area contributed by atoms with Gasteiger partial charge in [0.1, 0.15) is 5.82 Å². The van der Waals surface area contributed by atoms with Gasteiger partial charge in [-0.15, -0.1) is 0 Å². The summed E-state index contributed by atoms with van der Waals surface area (Å²) < 4.78 is 14.8. The number of halogens is 1. The highest BCUT2D eigenvalue weighted by molar-refractivity contribution is 7.99. The Balaban J connectivity index is 1.63. The molecule has 1 N–H and O–H groups in total. The van der Waals surface area contributed by atoms with Gasteiger partial charge in [-0.2, -0.15) is 0 Å². The Kier molecular flexibility index (Phi) is 5.31. The fraction of sp³-hybridized carbons (Fsp3) is 0.136. The van der Waals surface area contributed by atoms with E-state index in [1.54, 1.807) is 10.6 Å². The number of rotatable bonds is 5. The number of nitrogens with zero attached hydrogens (tertiary/aromatic N) is 2. The number of fused-ring (bicyclic) bond motifs is 2. The first-order chi connectivity index (χ1) is 14.0. The maximum absolute atomic E-state index is 13.3. The van der Waals surface area contributed by atoms with E-state index >= 15 is 0 Å². The number of thioether (sulfide) groups is 1. The van der Waals surface area contributed by atoms with Crippen molar-refractivity contribution in [3.63, 3.8) is 0 Å². The highest BCUT2D eigenvalue weighted by Crippen LogP contribution is 2.23. The molecule has 0 bridgehead atoms. The fourth-order valence-electron chi connectivity index (χ4n) is 3.17. The molecule has 1 heterocycles. The van der Waals surface area contributed by atoms with Crippen molar-refractivity contribution < 1.29 is 9.18 Å². The maximum atomic E-state index is 13.3. The van der Waals surface area contributed by atoms with Gasteiger partial charge in [-0.25, -0.2) is 9.37 Å². The van der Waals surface area contributed by atoms with E-state index in [-0.39, 0.29) is 17.2 Å². The average Bonchev–Trinajstić information content (AvgIpc) is 2.71. The molecule has 0 spiro atoms. The normalized spacial score (nSPS) is 11.1. The second kappa shape index (κ2) is 8.05. The molecule has 0 aliphatic carbocycles. The Hall–Kier alpha value is -3.19. The van der Waals surface area contributed by atoms with Crippen LogP contribution in [0.2, 0.25) is 0 Å². The Morgan fingerprint density at radius 1 is 1.10 bits per heavy atom. The van der Waals surface area contributed by atoms with Crippen molar-refractivity contribution in [1.29, 1.82) is 0 Å². The minimum absolute atomic E-state index is 0.0576. The van der Waals surface area contributed by atoms with E-state index in [2.05, 4.69) is 10.3 Å². The third kappa shape index (κ3) is 4.00. The Morgan fingerprint density at radius 2 is 1.86 bits per heavy atom. The van der Waals surface area contributed by atoms with Gasteiger partial charge >= 0.3 is 0 Å². The Bertz CT molecular complexity index is 1290. The van der Waals surface area contributed by atoms with Crippen LogP contribution in [0.25, 0.3) is 21.7 Å². The molecule has 29 heavy (non-hydrogen) atoms. The molecule has 7 heteroatoms. The molecule has 0 aliphatic heterocycles. The molecule has 0 atom stereocenters. The summed E-state index contributed by atoms with van der Waals surface area (Å²) in [4.78, 5) is 29.9. The minimum atomic E-state index is -0.418. The predicted molar refractivity (Wildman–Crippen MR) is 115 cm³/mol. The second-order valence-corrected chi connectivity index (χ2v) is 7.45. The number of anilines is 1. The van der Waals surface area contributed by atoms with Crippen LogP contribution in [0.4, 0.5) is 10.1 Å². The molecule has 1 amide bonds. The summed E-state index contributed by atoms with van der Waals surface area (Å²) >= 11 is 1.18. The lowest BCUT2D eigenvalue weighted by atomic mass is 10.1. The number of hydrogen-bond acceptors (Lipinski definition) is 4. The molecule has 4 rings (SSSR count). The first-order valence-corrected chi connectivity index (χ1v) is 10.2. The van der Waals surface area contributed by atoms with E-state index in [9.17, 15) is 14.0 Å². The lowest BCUT2D eigenvalue weighted by Crippen LogP contribution is -2.23. The predicted octanol–water partition coefficient (Wildman–Crippen LogP) is 4.44. The number of benzene rings is 3. The van der Waals surface area contributed by atoms with Crippen LogP contribution < -0.4 is 10.9 Å². The second-order valence-electron chi connectivity index (χ2n) is 6.51. The van der Waals surface area contributed by atoms with Gasteiger partial charge in [0.05, 0.1) is 16.7 Å². The lowest BCUT2D eigenvalue weighted by molar-refractivity contribution is -0.113. The maximum Gasteiger partial charge on any atom is 0.262 e. The first-order valence-electron chi connectivity index (χ1n) is 9.16. The van der Waals surface area contributed by atoms with Crippen molar-refractivity contribution >= 4 is 45.0 Å². The van der Waals surface area contributed by atoms with Crippen LogP contribution in [0.3, 0.4) is 0 Å². The van der Waals surface area contributed by atoms with Crippen LogP contribution >= 0.6 is 11.8 Å². The quantitative estimate of drug-likeness (QED) is 0.302. The van der Waals surface area contributed by atoms with E-state index in [0.717, 1.165) is 10.8 Å². The highest BCUT2D eigenvalue weighted by Gasteiger charge is 2.13. The lowest BCUT2D eigenvalue weighted by Gasteiger charge is -2.12. The van der Waals surface area contributed by atoms with E-state index in [1.807, 2.05) is 43.3 Å². The summed E-state index contributed by atoms with van der Waals surface area (Å²) in [6.45, 7) is 2.31. The fourth-order valence-corrected chi connectivity index (χ4v) is 4.03. The van der Waals surface area contributed by atoms with Crippen molar-refractivity contribution in [3.05, 3.63) is 76.8 Å². The summed E-state index contributed by atoms with van der Waals surface area (Å²) in [5.41, 5.74) is 0.865. The molecule has 0 fully saturated rings. The molecule has 4 aromatic rings.